The predicted molar refractivity (Wildman–Crippen MR) is 163 cm³/mol. The Bertz CT molecular complexity index is 1440. The van der Waals surface area contributed by atoms with Crippen LogP contribution in [-0.4, -0.2) is 70.7 Å². The Morgan fingerprint density at radius 3 is 2.66 bits per heavy atom. The van der Waals surface area contributed by atoms with E-state index in [0.717, 1.165) is 70.2 Å². The number of allylic oxidation sites excluding steroid dienone is 1. The fourth-order valence-corrected chi connectivity index (χ4v) is 5.40. The molecular formula is C31H41N7O3. The van der Waals surface area contributed by atoms with Crippen molar-refractivity contribution in [2.45, 2.75) is 65.0 Å². The SMILES string of the molecule is CCc1c(-c2cccc3cc(/C(C=NC)=C/N)ncc23)nn(C2CCN(C(=O)OC(C)(C)C)CC2)c1CCNC=O. The van der Waals surface area contributed by atoms with Crippen molar-refractivity contribution in [3.8, 4) is 11.3 Å². The zero-order chi connectivity index (χ0) is 29.6. The monoisotopic (exact) mass is 559 g/mol. The molecule has 0 atom stereocenters. The van der Waals surface area contributed by atoms with Gasteiger partial charge in [-0.1, -0.05) is 25.1 Å². The van der Waals surface area contributed by atoms with Crippen molar-refractivity contribution in [3.63, 3.8) is 0 Å². The van der Waals surface area contributed by atoms with Gasteiger partial charge in [-0.25, -0.2) is 4.79 Å². The molecule has 2 aromatic heterocycles. The van der Waals surface area contributed by atoms with Crippen LogP contribution in [0.15, 0.2) is 41.7 Å². The lowest BCUT2D eigenvalue weighted by molar-refractivity contribution is -0.109. The summed E-state index contributed by atoms with van der Waals surface area (Å²) in [5.74, 6) is 0. The number of hydrogen-bond acceptors (Lipinski definition) is 7. The highest BCUT2D eigenvalue weighted by Crippen LogP contribution is 2.35. The molecule has 0 saturated carbocycles. The van der Waals surface area contributed by atoms with Crippen LogP contribution in [0.1, 0.15) is 63.5 Å². The van der Waals surface area contributed by atoms with Crippen molar-refractivity contribution in [2.75, 3.05) is 26.7 Å². The molecule has 3 heterocycles. The average Bonchev–Trinajstić information content (AvgIpc) is 3.32. The Morgan fingerprint density at radius 2 is 2.02 bits per heavy atom. The first-order valence-electron chi connectivity index (χ1n) is 14.2. The van der Waals surface area contributed by atoms with Gasteiger partial charge in [0.15, 0.2) is 0 Å². The molecular weight excluding hydrogens is 518 g/mol. The molecule has 4 rings (SSSR count). The second-order valence-electron chi connectivity index (χ2n) is 11.2. The summed E-state index contributed by atoms with van der Waals surface area (Å²) in [6, 6.07) is 8.33. The standard InChI is InChI=1S/C31H41N7O3/c1-6-24-28(10-13-34-20-39)38(23-11-14-37(15-12-23)30(40)41-31(2,3)4)36-29(24)25-9-7-8-21-16-27(35-19-26(21)25)22(17-32)18-33-5/h7-9,16-20,23H,6,10-15,32H2,1-5H3,(H,34,39)/b22-17+,33-18?. The van der Waals surface area contributed by atoms with E-state index in [1.54, 1.807) is 18.2 Å². The van der Waals surface area contributed by atoms with Crippen LogP contribution in [0.3, 0.4) is 0 Å². The molecule has 1 aromatic carbocycles. The van der Waals surface area contributed by atoms with Gasteiger partial charge in [0, 0.05) is 79.5 Å². The number of carbonyl (C=O) groups excluding carboxylic acids is 2. The summed E-state index contributed by atoms with van der Waals surface area (Å²) in [7, 11) is 1.70. The molecule has 1 aliphatic rings. The van der Waals surface area contributed by atoms with E-state index in [1.165, 1.54) is 6.20 Å². The van der Waals surface area contributed by atoms with Crippen LogP contribution in [0.4, 0.5) is 4.79 Å². The molecule has 2 amide bonds. The van der Waals surface area contributed by atoms with E-state index in [0.29, 0.717) is 26.1 Å². The van der Waals surface area contributed by atoms with Gasteiger partial charge in [-0.2, -0.15) is 5.10 Å². The molecule has 0 radical (unpaired) electrons. The molecule has 0 aliphatic carbocycles. The Hall–Kier alpha value is -4.21. The third-order valence-corrected chi connectivity index (χ3v) is 7.29. The number of nitrogens with two attached hydrogens (primary N) is 1. The normalized spacial score (nSPS) is 15.0. The lowest BCUT2D eigenvalue weighted by atomic mass is 9.97. The summed E-state index contributed by atoms with van der Waals surface area (Å²) < 4.78 is 7.73. The Morgan fingerprint density at radius 1 is 1.27 bits per heavy atom. The summed E-state index contributed by atoms with van der Waals surface area (Å²) in [6.45, 7) is 9.49. The number of likely N-dealkylation sites (tertiary alicyclic amines) is 1. The molecule has 218 valence electrons. The second-order valence-corrected chi connectivity index (χ2v) is 11.2. The molecule has 3 aromatic rings. The Kier molecular flexibility index (Phi) is 9.42. The summed E-state index contributed by atoms with van der Waals surface area (Å²) in [5, 5.41) is 10.1. The topological polar surface area (TPSA) is 128 Å². The van der Waals surface area contributed by atoms with E-state index >= 15 is 0 Å². The maximum atomic E-state index is 12.7. The van der Waals surface area contributed by atoms with E-state index in [2.05, 4.69) is 34.0 Å². The molecule has 1 saturated heterocycles. The third-order valence-electron chi connectivity index (χ3n) is 7.29. The number of fused-ring (bicyclic) bond motifs is 1. The summed E-state index contributed by atoms with van der Waals surface area (Å²) in [4.78, 5) is 34.2. The largest absolute Gasteiger partial charge is 0.444 e. The quantitative estimate of drug-likeness (QED) is 0.225. The molecule has 41 heavy (non-hydrogen) atoms. The zero-order valence-corrected chi connectivity index (χ0v) is 24.7. The van der Waals surface area contributed by atoms with Crippen LogP contribution in [0.5, 0.6) is 0 Å². The number of piperidine rings is 1. The van der Waals surface area contributed by atoms with Crippen LogP contribution < -0.4 is 11.1 Å². The molecule has 10 nitrogen and oxygen atoms in total. The van der Waals surface area contributed by atoms with Crippen molar-refractivity contribution in [1.29, 1.82) is 0 Å². The molecule has 3 N–H and O–H groups in total. The summed E-state index contributed by atoms with van der Waals surface area (Å²) in [5.41, 5.74) is 11.0. The number of nitrogens with one attached hydrogen (secondary N) is 1. The van der Waals surface area contributed by atoms with E-state index in [1.807, 2.05) is 39.1 Å². The maximum Gasteiger partial charge on any atom is 0.410 e. The fourth-order valence-electron chi connectivity index (χ4n) is 5.40. The van der Waals surface area contributed by atoms with Gasteiger partial charge < -0.3 is 20.7 Å². The number of aliphatic imine (C=N–C) groups is 1. The average molecular weight is 560 g/mol. The minimum atomic E-state index is -0.528. The van der Waals surface area contributed by atoms with E-state index in [-0.39, 0.29) is 12.1 Å². The lowest BCUT2D eigenvalue weighted by Crippen LogP contribution is -2.42. The number of hydrogen-bond donors (Lipinski definition) is 2. The number of carbonyl (C=O) groups is 2. The molecule has 0 unspecified atom stereocenters. The predicted octanol–water partition coefficient (Wildman–Crippen LogP) is 4.52. The number of pyridine rings is 1. The van der Waals surface area contributed by atoms with E-state index in [9.17, 15) is 9.59 Å². The number of rotatable bonds is 9. The fraction of sp³-hybridized carbons (Fsp3) is 0.452. The number of nitrogens with zero attached hydrogens (tertiary/aromatic N) is 5. The van der Waals surface area contributed by atoms with Gasteiger partial charge >= 0.3 is 6.09 Å². The van der Waals surface area contributed by atoms with Crippen LogP contribution in [0.2, 0.25) is 0 Å². The third kappa shape index (κ3) is 6.75. The van der Waals surface area contributed by atoms with Gasteiger partial charge in [0.2, 0.25) is 6.41 Å². The van der Waals surface area contributed by atoms with Gasteiger partial charge in [-0.15, -0.1) is 0 Å². The highest BCUT2D eigenvalue weighted by molar-refractivity contribution is 6.10. The van der Waals surface area contributed by atoms with Gasteiger partial charge in [0.05, 0.1) is 17.4 Å². The van der Waals surface area contributed by atoms with E-state index < -0.39 is 5.60 Å². The van der Waals surface area contributed by atoms with Crippen LogP contribution >= 0.6 is 0 Å². The molecule has 10 heteroatoms. The number of aromatic nitrogens is 3. The maximum absolute atomic E-state index is 12.7. The van der Waals surface area contributed by atoms with Crippen LogP contribution in [0.25, 0.3) is 27.6 Å². The minimum absolute atomic E-state index is 0.129. The van der Waals surface area contributed by atoms with Gasteiger partial charge in [-0.05, 0) is 51.5 Å². The Labute approximate surface area is 241 Å². The number of ether oxygens (including phenoxy) is 1. The van der Waals surface area contributed by atoms with Crippen molar-refractivity contribution < 1.29 is 14.3 Å². The van der Waals surface area contributed by atoms with Gasteiger partial charge in [-0.3, -0.25) is 19.5 Å². The minimum Gasteiger partial charge on any atom is -0.444 e. The second kappa shape index (κ2) is 13.0. The van der Waals surface area contributed by atoms with Crippen molar-refractivity contribution >= 4 is 35.1 Å². The highest BCUT2D eigenvalue weighted by atomic mass is 16.6. The smallest absolute Gasteiger partial charge is 0.410 e. The molecule has 1 aliphatic heterocycles. The van der Waals surface area contributed by atoms with Gasteiger partial charge in [0.1, 0.15) is 5.60 Å². The van der Waals surface area contributed by atoms with Crippen LogP contribution in [0, 0.1) is 0 Å². The first kappa shape index (κ1) is 29.8. The first-order valence-corrected chi connectivity index (χ1v) is 14.2. The number of benzene rings is 1. The highest BCUT2D eigenvalue weighted by Gasteiger charge is 2.30. The van der Waals surface area contributed by atoms with Gasteiger partial charge in [0.25, 0.3) is 0 Å². The first-order chi connectivity index (χ1) is 19.7. The number of amides is 2. The van der Waals surface area contributed by atoms with Crippen molar-refractivity contribution in [1.82, 2.24) is 25.0 Å². The molecule has 1 fully saturated rings. The molecule has 0 spiro atoms. The Balaban J connectivity index is 1.72. The lowest BCUT2D eigenvalue weighted by Gasteiger charge is -2.34. The summed E-state index contributed by atoms with van der Waals surface area (Å²) >= 11 is 0. The van der Waals surface area contributed by atoms with Crippen molar-refractivity contribution in [2.24, 2.45) is 10.7 Å². The van der Waals surface area contributed by atoms with Crippen molar-refractivity contribution in [3.05, 3.63) is 53.6 Å². The van der Waals surface area contributed by atoms with E-state index in [4.69, 9.17) is 20.6 Å². The summed E-state index contributed by atoms with van der Waals surface area (Å²) in [6.07, 6.45) is 8.52. The molecule has 0 bridgehead atoms. The zero-order valence-electron chi connectivity index (χ0n) is 24.7. The van der Waals surface area contributed by atoms with Crippen LogP contribution in [-0.2, 0) is 22.4 Å².